The minimum atomic E-state index is -0.249. The lowest BCUT2D eigenvalue weighted by atomic mass is 9.82. The minimum absolute atomic E-state index is 0.249. The van der Waals surface area contributed by atoms with E-state index in [4.69, 9.17) is 9.98 Å². The summed E-state index contributed by atoms with van der Waals surface area (Å²) in [5, 5.41) is 3.78. The maximum absolute atomic E-state index is 5.63. The average Bonchev–Trinajstić information content (AvgIpc) is 3.42. The molecule has 1 atom stereocenters. The molecule has 1 N–H and O–H groups in total. The van der Waals surface area contributed by atoms with Crippen molar-refractivity contribution in [3.63, 3.8) is 0 Å². The predicted octanol–water partition coefficient (Wildman–Crippen LogP) is 15.9. The number of allylic oxidation sites excluding steroid dienone is 1. The van der Waals surface area contributed by atoms with Crippen LogP contribution in [0.5, 0.6) is 0 Å². The molecule has 1 aliphatic heterocycles. The third kappa shape index (κ3) is 8.18. The van der Waals surface area contributed by atoms with Crippen LogP contribution in [0.3, 0.4) is 0 Å². The molecule has 0 bridgehead atoms. The van der Waals surface area contributed by atoms with Crippen molar-refractivity contribution in [1.82, 2.24) is 10.3 Å². The highest BCUT2D eigenvalue weighted by molar-refractivity contribution is 6.13. The van der Waals surface area contributed by atoms with E-state index in [1.807, 2.05) is 6.07 Å². The average molecular weight is 844 g/mol. The van der Waals surface area contributed by atoms with E-state index >= 15 is 0 Å². The zero-order chi connectivity index (χ0) is 44.1. The van der Waals surface area contributed by atoms with Gasteiger partial charge in [0.05, 0.1) is 17.1 Å². The molecular weight excluding hydrogens is 799 g/mol. The van der Waals surface area contributed by atoms with Crippen molar-refractivity contribution in [2.45, 2.75) is 6.17 Å². The SMILES string of the molecule is C1=C(c2ccc(-c3cccc(-c4c(-c5ccccc5)c(-c5ccccc5)nc(-c5ccccc5)c4-c4ccccc4)c3)cc2)NC(c2ccc(-c3ccccc3)cc2)N=C1c1ccccc1. The summed E-state index contributed by atoms with van der Waals surface area (Å²) in [5.41, 5.74) is 20.6. The first-order chi connectivity index (χ1) is 32.7. The first-order valence-electron chi connectivity index (χ1n) is 22.5. The minimum Gasteiger partial charge on any atom is -0.360 e. The van der Waals surface area contributed by atoms with Crippen molar-refractivity contribution in [1.29, 1.82) is 0 Å². The Morgan fingerprint density at radius 3 is 1.18 bits per heavy atom. The van der Waals surface area contributed by atoms with Crippen LogP contribution in [0.1, 0.15) is 22.9 Å². The van der Waals surface area contributed by atoms with Crippen molar-refractivity contribution in [3.05, 3.63) is 278 Å². The first-order valence-corrected chi connectivity index (χ1v) is 22.5. The Bertz CT molecular complexity index is 3210. The summed E-state index contributed by atoms with van der Waals surface area (Å²) < 4.78 is 0. The van der Waals surface area contributed by atoms with E-state index < -0.39 is 0 Å². The number of hydrogen-bond donors (Lipinski definition) is 1. The maximum Gasteiger partial charge on any atom is 0.145 e. The molecule has 66 heavy (non-hydrogen) atoms. The smallest absolute Gasteiger partial charge is 0.145 e. The van der Waals surface area contributed by atoms with Crippen LogP contribution in [0.15, 0.2) is 266 Å². The highest BCUT2D eigenvalue weighted by Crippen LogP contribution is 2.49. The van der Waals surface area contributed by atoms with Crippen LogP contribution in [0.2, 0.25) is 0 Å². The van der Waals surface area contributed by atoms with E-state index in [1.54, 1.807) is 0 Å². The normalized spacial score (nSPS) is 13.3. The van der Waals surface area contributed by atoms with Gasteiger partial charge in [-0.25, -0.2) is 4.98 Å². The molecule has 1 unspecified atom stereocenters. The van der Waals surface area contributed by atoms with E-state index in [-0.39, 0.29) is 6.17 Å². The number of benzene rings is 9. The van der Waals surface area contributed by atoms with Crippen LogP contribution < -0.4 is 5.32 Å². The number of nitrogens with one attached hydrogen (secondary N) is 1. The highest BCUT2D eigenvalue weighted by atomic mass is 15.1. The Kier molecular flexibility index (Phi) is 11.1. The molecule has 1 aromatic heterocycles. The van der Waals surface area contributed by atoms with Gasteiger partial charge < -0.3 is 5.32 Å². The summed E-state index contributed by atoms with van der Waals surface area (Å²) in [4.78, 5) is 10.9. The Balaban J connectivity index is 1.02. The molecule has 0 saturated carbocycles. The third-order valence-electron chi connectivity index (χ3n) is 12.3. The Morgan fingerprint density at radius 1 is 0.288 bits per heavy atom. The van der Waals surface area contributed by atoms with Crippen LogP contribution in [-0.4, -0.2) is 10.7 Å². The summed E-state index contributed by atoms with van der Waals surface area (Å²) in [6.45, 7) is 0. The molecule has 0 amide bonds. The lowest BCUT2D eigenvalue weighted by molar-refractivity contribution is 0.664. The summed E-state index contributed by atoms with van der Waals surface area (Å²) >= 11 is 0. The molecular formula is C63H45N3. The molecule has 0 saturated heterocycles. The Morgan fingerprint density at radius 2 is 0.667 bits per heavy atom. The van der Waals surface area contributed by atoms with Crippen molar-refractivity contribution in [2.75, 3.05) is 0 Å². The number of hydrogen-bond acceptors (Lipinski definition) is 3. The molecule has 1 aliphatic rings. The fourth-order valence-electron chi connectivity index (χ4n) is 9.07. The van der Waals surface area contributed by atoms with Gasteiger partial charge in [-0.3, -0.25) is 4.99 Å². The van der Waals surface area contributed by atoms with Gasteiger partial charge in [0.15, 0.2) is 0 Å². The monoisotopic (exact) mass is 843 g/mol. The van der Waals surface area contributed by atoms with Crippen LogP contribution in [0.4, 0.5) is 0 Å². The Hall–Kier alpha value is -8.66. The largest absolute Gasteiger partial charge is 0.360 e. The Labute approximate surface area is 386 Å². The van der Waals surface area contributed by atoms with Crippen LogP contribution in [0.25, 0.3) is 83.8 Å². The standard InChI is InChI=1S/C63H45N3/c1-7-20-44(21-8-1)45-36-40-53(41-37-45)63-64-56(47-22-9-2-10-23-47)43-57(65-63)48-38-34-46(35-39-48)54-32-19-33-55(42-54)58-59(49-24-11-3-12-25-49)61(51-28-15-5-16-29-51)66-62(52-30-17-6-18-31-52)60(58)50-26-13-4-14-27-50/h1-43,63,65H. The molecule has 9 aromatic carbocycles. The van der Waals surface area contributed by atoms with Gasteiger partial charge in [-0.2, -0.15) is 0 Å². The molecule has 3 nitrogen and oxygen atoms in total. The molecule has 3 heteroatoms. The van der Waals surface area contributed by atoms with Gasteiger partial charge in [-0.05, 0) is 67.8 Å². The van der Waals surface area contributed by atoms with E-state index in [1.165, 1.54) is 11.1 Å². The molecule has 10 aromatic rings. The summed E-state index contributed by atoms with van der Waals surface area (Å²) in [7, 11) is 0. The van der Waals surface area contributed by atoms with Gasteiger partial charge in [0.2, 0.25) is 0 Å². The molecule has 0 radical (unpaired) electrons. The van der Waals surface area contributed by atoms with Crippen LogP contribution in [-0.2, 0) is 0 Å². The first kappa shape index (κ1) is 40.1. The second-order valence-corrected chi connectivity index (χ2v) is 16.5. The summed E-state index contributed by atoms with van der Waals surface area (Å²) in [6.07, 6.45) is 1.93. The zero-order valence-corrected chi connectivity index (χ0v) is 36.3. The van der Waals surface area contributed by atoms with Crippen LogP contribution >= 0.6 is 0 Å². The van der Waals surface area contributed by atoms with Crippen molar-refractivity contribution >= 4 is 11.4 Å². The highest BCUT2D eigenvalue weighted by Gasteiger charge is 2.26. The number of aromatic nitrogens is 1. The van der Waals surface area contributed by atoms with E-state index in [2.05, 4.69) is 260 Å². The van der Waals surface area contributed by atoms with E-state index in [0.29, 0.717) is 0 Å². The number of rotatable bonds is 10. The van der Waals surface area contributed by atoms with Gasteiger partial charge in [-0.1, -0.05) is 249 Å². The number of aliphatic imine (C=N–C) groups is 1. The quantitative estimate of drug-likeness (QED) is 0.149. The molecule has 0 aliphatic carbocycles. The second-order valence-electron chi connectivity index (χ2n) is 16.5. The molecule has 0 spiro atoms. The topological polar surface area (TPSA) is 37.3 Å². The molecule has 2 heterocycles. The molecule has 11 rings (SSSR count). The predicted molar refractivity (Wildman–Crippen MR) is 276 cm³/mol. The van der Waals surface area contributed by atoms with E-state index in [0.717, 1.165) is 95.1 Å². The number of pyridine rings is 1. The van der Waals surface area contributed by atoms with Gasteiger partial charge in [0.1, 0.15) is 6.17 Å². The fourth-order valence-corrected chi connectivity index (χ4v) is 9.07. The molecule has 0 fully saturated rings. The summed E-state index contributed by atoms with van der Waals surface area (Å²) in [6, 6.07) is 90.3. The molecule has 312 valence electrons. The lowest BCUT2D eigenvalue weighted by Gasteiger charge is -2.25. The van der Waals surface area contributed by atoms with Crippen LogP contribution in [0, 0.1) is 0 Å². The van der Waals surface area contributed by atoms with Crippen molar-refractivity contribution < 1.29 is 0 Å². The second kappa shape index (κ2) is 18.2. The summed E-state index contributed by atoms with van der Waals surface area (Å²) in [5.74, 6) is 0. The van der Waals surface area contributed by atoms with Crippen molar-refractivity contribution in [2.24, 2.45) is 4.99 Å². The lowest BCUT2D eigenvalue weighted by Crippen LogP contribution is -2.24. The van der Waals surface area contributed by atoms with Gasteiger partial charge in [0, 0.05) is 33.5 Å². The van der Waals surface area contributed by atoms with Crippen molar-refractivity contribution in [3.8, 4) is 78.1 Å². The van der Waals surface area contributed by atoms with E-state index in [9.17, 15) is 0 Å². The third-order valence-corrected chi connectivity index (χ3v) is 12.3. The maximum atomic E-state index is 5.63. The van der Waals surface area contributed by atoms with Gasteiger partial charge in [0.25, 0.3) is 0 Å². The van der Waals surface area contributed by atoms with Gasteiger partial charge in [-0.15, -0.1) is 0 Å². The fraction of sp³-hybridized carbons (Fsp3) is 0.0159. The zero-order valence-electron chi connectivity index (χ0n) is 36.3. The number of nitrogens with zero attached hydrogens (tertiary/aromatic N) is 2. The van der Waals surface area contributed by atoms with Gasteiger partial charge >= 0.3 is 0 Å².